The van der Waals surface area contributed by atoms with Crippen LogP contribution in [0.5, 0.6) is 5.75 Å². The van der Waals surface area contributed by atoms with Crippen molar-refractivity contribution in [3.8, 4) is 5.75 Å². The first-order valence-corrected chi connectivity index (χ1v) is 8.36. The molecule has 1 atom stereocenters. The lowest BCUT2D eigenvalue weighted by Gasteiger charge is -2.32. The van der Waals surface area contributed by atoms with E-state index >= 15 is 0 Å². The molecule has 0 aromatic heterocycles. The van der Waals surface area contributed by atoms with Crippen molar-refractivity contribution in [1.29, 1.82) is 0 Å². The molecular weight excluding hydrogens is 310 g/mol. The van der Waals surface area contributed by atoms with E-state index in [0.717, 1.165) is 22.4 Å². The summed E-state index contributed by atoms with van der Waals surface area (Å²) in [6.45, 7) is 0. The lowest BCUT2D eigenvalue weighted by Crippen LogP contribution is -2.32. The number of rotatable bonds is 6. The second-order valence-electron chi connectivity index (χ2n) is 6.18. The predicted molar refractivity (Wildman–Crippen MR) is 100 cm³/mol. The van der Waals surface area contributed by atoms with Gasteiger partial charge in [0.2, 0.25) is 0 Å². The lowest BCUT2D eigenvalue weighted by atomic mass is 9.80. The van der Waals surface area contributed by atoms with Crippen LogP contribution < -0.4 is 10.5 Å². The van der Waals surface area contributed by atoms with Gasteiger partial charge in [0, 0.05) is 12.5 Å². The Balaban J connectivity index is 1.95. The number of hydrogen-bond acceptors (Lipinski definition) is 3. The molecule has 25 heavy (non-hydrogen) atoms. The quantitative estimate of drug-likeness (QED) is 0.716. The number of aliphatic hydroxyl groups is 1. The highest BCUT2D eigenvalue weighted by Gasteiger charge is 2.33. The maximum absolute atomic E-state index is 11.6. The van der Waals surface area contributed by atoms with Crippen LogP contribution in [0.15, 0.2) is 84.9 Å². The Morgan fingerprint density at radius 1 is 0.840 bits per heavy atom. The van der Waals surface area contributed by atoms with Gasteiger partial charge in [0.15, 0.2) is 0 Å². The van der Waals surface area contributed by atoms with Crippen LogP contribution in [0.3, 0.4) is 0 Å². The lowest BCUT2D eigenvalue weighted by molar-refractivity contribution is 0.0632. The van der Waals surface area contributed by atoms with Gasteiger partial charge in [0.05, 0.1) is 7.11 Å². The van der Waals surface area contributed by atoms with Crippen molar-refractivity contribution in [2.75, 3.05) is 7.11 Å². The topological polar surface area (TPSA) is 55.5 Å². The summed E-state index contributed by atoms with van der Waals surface area (Å²) in [5, 5.41) is 11.6. The van der Waals surface area contributed by atoms with Crippen molar-refractivity contribution in [2.24, 2.45) is 5.73 Å². The summed E-state index contributed by atoms with van der Waals surface area (Å²) in [4.78, 5) is 0. The van der Waals surface area contributed by atoms with E-state index in [-0.39, 0.29) is 6.04 Å². The third-order valence-electron chi connectivity index (χ3n) is 4.56. The second kappa shape index (κ2) is 7.51. The van der Waals surface area contributed by atoms with Crippen LogP contribution in [0.2, 0.25) is 0 Å². The summed E-state index contributed by atoms with van der Waals surface area (Å²) in [5.41, 5.74) is 7.94. The molecule has 0 aliphatic rings. The van der Waals surface area contributed by atoms with E-state index in [1.165, 1.54) is 0 Å². The molecular formula is C22H23NO2. The van der Waals surface area contributed by atoms with Gasteiger partial charge in [-0.1, -0.05) is 72.8 Å². The molecule has 3 N–H and O–H groups in total. The molecule has 0 saturated carbocycles. The molecule has 0 saturated heterocycles. The van der Waals surface area contributed by atoms with E-state index in [2.05, 4.69) is 0 Å². The first kappa shape index (κ1) is 17.2. The summed E-state index contributed by atoms with van der Waals surface area (Å²) in [5.74, 6) is 0.789. The smallest absolute Gasteiger partial charge is 0.118 e. The molecule has 3 aromatic carbocycles. The van der Waals surface area contributed by atoms with E-state index in [0.29, 0.717) is 6.42 Å². The first-order valence-electron chi connectivity index (χ1n) is 8.36. The summed E-state index contributed by atoms with van der Waals surface area (Å²) in [6, 6.07) is 26.7. The number of methoxy groups -OCH3 is 1. The van der Waals surface area contributed by atoms with Crippen LogP contribution in [0.1, 0.15) is 29.2 Å². The molecule has 1 unspecified atom stereocenters. The van der Waals surface area contributed by atoms with Crippen molar-refractivity contribution < 1.29 is 9.84 Å². The van der Waals surface area contributed by atoms with Gasteiger partial charge < -0.3 is 15.6 Å². The maximum Gasteiger partial charge on any atom is 0.118 e. The highest BCUT2D eigenvalue weighted by Crippen LogP contribution is 2.37. The molecule has 0 aliphatic carbocycles. The average molecular weight is 333 g/mol. The van der Waals surface area contributed by atoms with Crippen LogP contribution in [0, 0.1) is 0 Å². The van der Waals surface area contributed by atoms with Crippen LogP contribution in [0.4, 0.5) is 0 Å². The van der Waals surface area contributed by atoms with E-state index in [1.54, 1.807) is 7.11 Å². The maximum atomic E-state index is 11.6. The standard InChI is InChI=1S/C22H23NO2/c1-25-20-14-12-17(13-15-20)21(23)16-22(24,18-8-4-2-5-9-18)19-10-6-3-7-11-19/h2-15,21,24H,16,23H2,1H3. The summed E-state index contributed by atoms with van der Waals surface area (Å²) >= 11 is 0. The molecule has 0 aliphatic heterocycles. The first-order chi connectivity index (χ1) is 12.1. The normalized spacial score (nSPS) is 12.6. The molecule has 0 radical (unpaired) electrons. The molecule has 3 heteroatoms. The Morgan fingerprint density at radius 2 is 1.32 bits per heavy atom. The average Bonchev–Trinajstić information content (AvgIpc) is 2.69. The molecule has 0 spiro atoms. The van der Waals surface area contributed by atoms with Gasteiger partial charge in [-0.3, -0.25) is 0 Å². The molecule has 0 fully saturated rings. The third kappa shape index (κ3) is 3.73. The van der Waals surface area contributed by atoms with Gasteiger partial charge in [-0.05, 0) is 28.8 Å². The fraction of sp³-hybridized carbons (Fsp3) is 0.182. The predicted octanol–water partition coefficient (Wildman–Crippen LogP) is 4.02. The van der Waals surface area contributed by atoms with E-state index in [4.69, 9.17) is 10.5 Å². The van der Waals surface area contributed by atoms with Crippen molar-refractivity contribution in [3.05, 3.63) is 102 Å². The van der Waals surface area contributed by atoms with Gasteiger partial charge in [-0.2, -0.15) is 0 Å². The van der Waals surface area contributed by atoms with Crippen LogP contribution in [0.25, 0.3) is 0 Å². The van der Waals surface area contributed by atoms with Gasteiger partial charge in [0.25, 0.3) is 0 Å². The van der Waals surface area contributed by atoms with Crippen LogP contribution in [-0.2, 0) is 5.60 Å². The van der Waals surface area contributed by atoms with Crippen molar-refractivity contribution in [3.63, 3.8) is 0 Å². The van der Waals surface area contributed by atoms with Crippen molar-refractivity contribution in [1.82, 2.24) is 0 Å². The minimum atomic E-state index is -1.15. The highest BCUT2D eigenvalue weighted by molar-refractivity contribution is 5.37. The molecule has 0 heterocycles. The van der Waals surface area contributed by atoms with Gasteiger partial charge in [-0.15, -0.1) is 0 Å². The fourth-order valence-electron chi connectivity index (χ4n) is 3.12. The second-order valence-corrected chi connectivity index (χ2v) is 6.18. The molecule has 3 nitrogen and oxygen atoms in total. The number of hydrogen-bond donors (Lipinski definition) is 2. The molecule has 0 amide bonds. The minimum Gasteiger partial charge on any atom is -0.497 e. The monoisotopic (exact) mass is 333 g/mol. The summed E-state index contributed by atoms with van der Waals surface area (Å²) < 4.78 is 5.20. The molecule has 3 rings (SSSR count). The highest BCUT2D eigenvalue weighted by atomic mass is 16.5. The van der Waals surface area contributed by atoms with E-state index in [1.807, 2.05) is 84.9 Å². The largest absolute Gasteiger partial charge is 0.497 e. The van der Waals surface area contributed by atoms with Crippen LogP contribution in [-0.4, -0.2) is 12.2 Å². The Hall–Kier alpha value is -2.62. The molecule has 3 aromatic rings. The van der Waals surface area contributed by atoms with Crippen LogP contribution >= 0.6 is 0 Å². The van der Waals surface area contributed by atoms with Crippen molar-refractivity contribution in [2.45, 2.75) is 18.1 Å². The summed E-state index contributed by atoms with van der Waals surface area (Å²) in [7, 11) is 1.64. The van der Waals surface area contributed by atoms with E-state index in [9.17, 15) is 5.11 Å². The number of ether oxygens (including phenoxy) is 1. The van der Waals surface area contributed by atoms with Gasteiger partial charge in [-0.25, -0.2) is 0 Å². The molecule has 0 bridgehead atoms. The Bertz CT molecular complexity index is 746. The van der Waals surface area contributed by atoms with Crippen molar-refractivity contribution >= 4 is 0 Å². The number of benzene rings is 3. The zero-order valence-corrected chi connectivity index (χ0v) is 14.3. The Morgan fingerprint density at radius 3 is 1.76 bits per heavy atom. The zero-order chi connectivity index (χ0) is 17.7. The van der Waals surface area contributed by atoms with Gasteiger partial charge >= 0.3 is 0 Å². The zero-order valence-electron chi connectivity index (χ0n) is 14.3. The van der Waals surface area contributed by atoms with Gasteiger partial charge in [0.1, 0.15) is 11.4 Å². The van der Waals surface area contributed by atoms with E-state index < -0.39 is 5.60 Å². The fourth-order valence-corrected chi connectivity index (χ4v) is 3.12. The Kier molecular flexibility index (Phi) is 5.17. The Labute approximate surface area is 148 Å². The third-order valence-corrected chi connectivity index (χ3v) is 4.56. The number of nitrogens with two attached hydrogens (primary N) is 1. The SMILES string of the molecule is COc1ccc(C(N)CC(O)(c2ccccc2)c2ccccc2)cc1. The minimum absolute atomic E-state index is 0.309. The summed E-state index contributed by atoms with van der Waals surface area (Å²) in [6.07, 6.45) is 0.382. The molecule has 128 valence electrons.